The second-order valence-corrected chi connectivity index (χ2v) is 6.00. The smallest absolute Gasteiger partial charge is 0.0506 e. The molecule has 2 atom stereocenters. The third kappa shape index (κ3) is 4.30. The summed E-state index contributed by atoms with van der Waals surface area (Å²) in [6.07, 6.45) is 2.52. The minimum absolute atomic E-state index is 0.394. The Bertz CT molecular complexity index is 402. The van der Waals surface area contributed by atoms with Crippen molar-refractivity contribution in [3.63, 3.8) is 0 Å². The Kier molecular flexibility index (Phi) is 6.02. The summed E-state index contributed by atoms with van der Waals surface area (Å²) in [5.41, 5.74) is 2.77. The molecule has 20 heavy (non-hydrogen) atoms. The molecule has 112 valence electrons. The van der Waals surface area contributed by atoms with Gasteiger partial charge in [0.15, 0.2) is 0 Å². The van der Waals surface area contributed by atoms with Crippen molar-refractivity contribution in [2.45, 2.75) is 25.8 Å². The zero-order chi connectivity index (χ0) is 14.4. The van der Waals surface area contributed by atoms with Gasteiger partial charge < -0.3 is 15.0 Å². The maximum atomic E-state index is 5.58. The minimum atomic E-state index is 0.394. The Morgan fingerprint density at radius 2 is 2.20 bits per heavy atom. The zero-order valence-electron chi connectivity index (χ0n) is 13.1. The van der Waals surface area contributed by atoms with Crippen molar-refractivity contribution >= 4 is 0 Å². The molecule has 2 rings (SSSR count). The van der Waals surface area contributed by atoms with Crippen LogP contribution in [0.1, 0.15) is 30.0 Å². The van der Waals surface area contributed by atoms with Crippen LogP contribution in [0.4, 0.5) is 0 Å². The number of hydrogen-bond acceptors (Lipinski definition) is 3. The van der Waals surface area contributed by atoms with E-state index in [0.29, 0.717) is 12.0 Å². The van der Waals surface area contributed by atoms with Gasteiger partial charge in [0, 0.05) is 25.7 Å². The number of hydrogen-bond donors (Lipinski definition) is 1. The van der Waals surface area contributed by atoms with E-state index in [2.05, 4.69) is 55.5 Å². The van der Waals surface area contributed by atoms with Crippen molar-refractivity contribution in [1.29, 1.82) is 0 Å². The molecule has 2 unspecified atom stereocenters. The van der Waals surface area contributed by atoms with Crippen LogP contribution < -0.4 is 5.32 Å². The third-order valence-corrected chi connectivity index (χ3v) is 4.23. The summed E-state index contributed by atoms with van der Waals surface area (Å²) in [4.78, 5) is 2.44. The molecule has 1 aliphatic rings. The van der Waals surface area contributed by atoms with E-state index in [-0.39, 0.29) is 0 Å². The van der Waals surface area contributed by atoms with E-state index in [4.69, 9.17) is 4.74 Å². The van der Waals surface area contributed by atoms with Crippen molar-refractivity contribution in [2.75, 3.05) is 40.4 Å². The van der Waals surface area contributed by atoms with Gasteiger partial charge in [0.25, 0.3) is 0 Å². The van der Waals surface area contributed by atoms with Crippen LogP contribution in [0.3, 0.4) is 0 Å². The summed E-state index contributed by atoms with van der Waals surface area (Å²) in [6, 6.07) is 9.05. The van der Waals surface area contributed by atoms with Gasteiger partial charge in [-0.2, -0.15) is 0 Å². The lowest BCUT2D eigenvalue weighted by Crippen LogP contribution is -2.36. The standard InChI is InChI=1S/C17H28N2O/c1-14-7-4-5-9-16(14)17(18-2)12-19(3)11-15-8-6-10-20-13-15/h4-5,7,9,15,17-18H,6,8,10-13H2,1-3H3. The molecule has 1 aromatic carbocycles. The fourth-order valence-corrected chi connectivity index (χ4v) is 3.10. The molecule has 3 nitrogen and oxygen atoms in total. The molecule has 1 aromatic rings. The Morgan fingerprint density at radius 1 is 1.40 bits per heavy atom. The van der Waals surface area contributed by atoms with Crippen LogP contribution >= 0.6 is 0 Å². The Labute approximate surface area is 123 Å². The molecule has 1 fully saturated rings. The van der Waals surface area contributed by atoms with Crippen LogP contribution in [0.5, 0.6) is 0 Å². The number of likely N-dealkylation sites (N-methyl/N-ethyl adjacent to an activating group) is 2. The van der Waals surface area contributed by atoms with E-state index in [9.17, 15) is 0 Å². The topological polar surface area (TPSA) is 24.5 Å². The SMILES string of the molecule is CNC(CN(C)CC1CCCOC1)c1ccccc1C. The van der Waals surface area contributed by atoms with Gasteiger partial charge in [0.05, 0.1) is 6.61 Å². The van der Waals surface area contributed by atoms with Gasteiger partial charge in [0.2, 0.25) is 0 Å². The molecule has 1 N–H and O–H groups in total. The predicted octanol–water partition coefficient (Wildman–Crippen LogP) is 2.61. The highest BCUT2D eigenvalue weighted by atomic mass is 16.5. The highest BCUT2D eigenvalue weighted by Gasteiger charge is 2.19. The maximum absolute atomic E-state index is 5.58. The molecule has 1 saturated heterocycles. The first-order chi connectivity index (χ1) is 9.70. The molecule has 1 aliphatic heterocycles. The van der Waals surface area contributed by atoms with Crippen molar-refractivity contribution in [1.82, 2.24) is 10.2 Å². The lowest BCUT2D eigenvalue weighted by molar-refractivity contribution is 0.0410. The van der Waals surface area contributed by atoms with Crippen molar-refractivity contribution in [3.05, 3.63) is 35.4 Å². The second-order valence-electron chi connectivity index (χ2n) is 6.00. The first-order valence-electron chi connectivity index (χ1n) is 7.69. The Hall–Kier alpha value is -0.900. The number of nitrogens with one attached hydrogen (secondary N) is 1. The van der Waals surface area contributed by atoms with Crippen LogP contribution in [0, 0.1) is 12.8 Å². The van der Waals surface area contributed by atoms with Gasteiger partial charge in [-0.1, -0.05) is 24.3 Å². The van der Waals surface area contributed by atoms with E-state index < -0.39 is 0 Å². The normalized spacial score (nSPS) is 21.1. The quantitative estimate of drug-likeness (QED) is 0.864. The largest absolute Gasteiger partial charge is 0.381 e. The van der Waals surface area contributed by atoms with Crippen molar-refractivity contribution in [2.24, 2.45) is 5.92 Å². The van der Waals surface area contributed by atoms with Gasteiger partial charge in [-0.05, 0) is 50.9 Å². The second kappa shape index (κ2) is 7.77. The van der Waals surface area contributed by atoms with E-state index in [1.165, 1.54) is 24.0 Å². The molecule has 3 heteroatoms. The minimum Gasteiger partial charge on any atom is -0.381 e. The lowest BCUT2D eigenvalue weighted by atomic mass is 9.99. The summed E-state index contributed by atoms with van der Waals surface area (Å²) >= 11 is 0. The van der Waals surface area contributed by atoms with Crippen LogP contribution in [-0.4, -0.2) is 45.3 Å². The third-order valence-electron chi connectivity index (χ3n) is 4.23. The molecule has 0 bridgehead atoms. The summed E-state index contributed by atoms with van der Waals surface area (Å²) in [5, 5.41) is 3.45. The van der Waals surface area contributed by atoms with Crippen LogP contribution in [0.25, 0.3) is 0 Å². The average Bonchev–Trinajstić information content (AvgIpc) is 2.46. The maximum Gasteiger partial charge on any atom is 0.0506 e. The number of benzene rings is 1. The summed E-state index contributed by atoms with van der Waals surface area (Å²) < 4.78 is 5.58. The molecule has 0 saturated carbocycles. The zero-order valence-corrected chi connectivity index (χ0v) is 13.1. The number of nitrogens with zero attached hydrogens (tertiary/aromatic N) is 1. The summed E-state index contributed by atoms with van der Waals surface area (Å²) in [5.74, 6) is 0.697. The predicted molar refractivity (Wildman–Crippen MR) is 84.0 cm³/mol. The highest BCUT2D eigenvalue weighted by Crippen LogP contribution is 2.20. The number of rotatable bonds is 6. The average molecular weight is 276 g/mol. The molecular weight excluding hydrogens is 248 g/mol. The lowest BCUT2D eigenvalue weighted by Gasteiger charge is -2.30. The first-order valence-corrected chi connectivity index (χ1v) is 7.69. The van der Waals surface area contributed by atoms with Gasteiger partial charge in [0.1, 0.15) is 0 Å². The fourth-order valence-electron chi connectivity index (χ4n) is 3.10. The molecule has 0 aromatic heterocycles. The monoisotopic (exact) mass is 276 g/mol. The Balaban J connectivity index is 1.90. The molecule has 0 aliphatic carbocycles. The van der Waals surface area contributed by atoms with Gasteiger partial charge in [-0.15, -0.1) is 0 Å². The van der Waals surface area contributed by atoms with Gasteiger partial charge in [-0.25, -0.2) is 0 Å². The van der Waals surface area contributed by atoms with E-state index in [0.717, 1.165) is 26.3 Å². The van der Waals surface area contributed by atoms with Crippen LogP contribution in [0.15, 0.2) is 24.3 Å². The van der Waals surface area contributed by atoms with Gasteiger partial charge in [-0.3, -0.25) is 0 Å². The molecular formula is C17H28N2O. The number of aryl methyl sites for hydroxylation is 1. The van der Waals surface area contributed by atoms with E-state index in [1.807, 2.05) is 0 Å². The van der Waals surface area contributed by atoms with E-state index in [1.54, 1.807) is 0 Å². The number of ether oxygens (including phenoxy) is 1. The van der Waals surface area contributed by atoms with Crippen molar-refractivity contribution < 1.29 is 4.74 Å². The van der Waals surface area contributed by atoms with Crippen LogP contribution in [-0.2, 0) is 4.74 Å². The highest BCUT2D eigenvalue weighted by molar-refractivity contribution is 5.28. The van der Waals surface area contributed by atoms with Crippen molar-refractivity contribution in [3.8, 4) is 0 Å². The summed E-state index contributed by atoms with van der Waals surface area (Å²) in [7, 11) is 4.27. The first kappa shape index (κ1) is 15.5. The van der Waals surface area contributed by atoms with Crippen LogP contribution in [0.2, 0.25) is 0 Å². The molecule has 1 heterocycles. The van der Waals surface area contributed by atoms with Gasteiger partial charge >= 0.3 is 0 Å². The fraction of sp³-hybridized carbons (Fsp3) is 0.647. The molecule has 0 radical (unpaired) electrons. The Morgan fingerprint density at radius 3 is 2.85 bits per heavy atom. The molecule has 0 spiro atoms. The van der Waals surface area contributed by atoms with E-state index >= 15 is 0 Å². The summed E-state index contributed by atoms with van der Waals surface area (Å²) in [6.45, 7) is 6.23. The molecule has 0 amide bonds.